The number of carbonyl (C=O) groups excluding carboxylic acids is 2. The van der Waals surface area contributed by atoms with Crippen LogP contribution < -0.4 is 11.2 Å². The Hall–Kier alpha value is -3.98. The van der Waals surface area contributed by atoms with E-state index >= 15 is 0 Å². The molecule has 1 aliphatic rings. The molecule has 0 atom stereocenters. The third kappa shape index (κ3) is 4.74. The van der Waals surface area contributed by atoms with Crippen LogP contribution in [0.1, 0.15) is 26.3 Å². The monoisotopic (exact) mass is 546 g/mol. The number of H-pyrrole nitrogens is 1. The number of aromatic amines is 1. The lowest BCUT2D eigenvalue weighted by atomic mass is 10.1. The molecule has 8 nitrogen and oxygen atoms in total. The van der Waals surface area contributed by atoms with Gasteiger partial charge in [-0.2, -0.15) is 0 Å². The van der Waals surface area contributed by atoms with Gasteiger partial charge in [-0.25, -0.2) is 4.79 Å². The average molecular weight is 547 g/mol. The smallest absolute Gasteiger partial charge is 0.329 e. The minimum Gasteiger partial charge on any atom is -0.335 e. The lowest BCUT2D eigenvalue weighted by molar-refractivity contribution is 0.0535. The molecule has 3 aromatic carbocycles. The van der Waals surface area contributed by atoms with Crippen molar-refractivity contribution < 1.29 is 9.59 Å². The number of nitrogens with zero attached hydrogens (tertiary/aromatic N) is 3. The fourth-order valence-electron chi connectivity index (χ4n) is 4.45. The van der Waals surface area contributed by atoms with Crippen LogP contribution in [0.3, 0.4) is 0 Å². The third-order valence-electron chi connectivity index (χ3n) is 6.36. The Balaban J connectivity index is 1.30. The second-order valence-corrected chi connectivity index (χ2v) is 9.57. The summed E-state index contributed by atoms with van der Waals surface area (Å²) in [5.41, 5.74) is 1.52. The number of piperazine rings is 1. The third-order valence-corrected chi connectivity index (χ3v) is 6.89. The molecule has 0 spiro atoms. The van der Waals surface area contributed by atoms with Crippen molar-refractivity contribution >= 4 is 38.6 Å². The molecule has 1 aliphatic heterocycles. The topological polar surface area (TPSA) is 95.5 Å². The van der Waals surface area contributed by atoms with E-state index in [9.17, 15) is 19.2 Å². The number of para-hydroxylation sites is 1. The lowest BCUT2D eigenvalue weighted by Crippen LogP contribution is -2.50. The molecule has 2 heterocycles. The molecule has 1 aromatic heterocycles. The summed E-state index contributed by atoms with van der Waals surface area (Å²) in [6.07, 6.45) is 0. The summed E-state index contributed by atoms with van der Waals surface area (Å²) in [7, 11) is 0. The normalized spacial score (nSPS) is 13.7. The second-order valence-electron chi connectivity index (χ2n) is 8.65. The number of hydrogen-bond acceptors (Lipinski definition) is 4. The van der Waals surface area contributed by atoms with Crippen molar-refractivity contribution in [1.29, 1.82) is 0 Å². The molecule has 0 saturated carbocycles. The summed E-state index contributed by atoms with van der Waals surface area (Å²) in [6.45, 7) is 2.01. The van der Waals surface area contributed by atoms with Gasteiger partial charge in [0.05, 0.1) is 17.4 Å². The summed E-state index contributed by atoms with van der Waals surface area (Å²) in [5, 5.41) is 0.430. The van der Waals surface area contributed by atoms with Crippen molar-refractivity contribution in [2.45, 2.75) is 6.54 Å². The molecule has 182 valence electrons. The summed E-state index contributed by atoms with van der Waals surface area (Å²) in [5.74, 6) is -0.165. The molecular weight excluding hydrogens is 524 g/mol. The first kappa shape index (κ1) is 23.7. The van der Waals surface area contributed by atoms with Crippen LogP contribution in [0.5, 0.6) is 0 Å². The fourth-order valence-corrected chi connectivity index (χ4v) is 4.72. The van der Waals surface area contributed by atoms with Crippen molar-refractivity contribution in [2.24, 2.45) is 0 Å². The van der Waals surface area contributed by atoms with E-state index in [4.69, 9.17) is 0 Å². The number of benzene rings is 3. The van der Waals surface area contributed by atoms with Gasteiger partial charge >= 0.3 is 5.69 Å². The van der Waals surface area contributed by atoms with E-state index in [1.54, 1.807) is 64.4 Å². The van der Waals surface area contributed by atoms with E-state index in [0.717, 1.165) is 10.0 Å². The van der Waals surface area contributed by atoms with Crippen molar-refractivity contribution in [3.63, 3.8) is 0 Å². The average Bonchev–Trinajstić information content (AvgIpc) is 2.91. The van der Waals surface area contributed by atoms with Gasteiger partial charge < -0.3 is 9.80 Å². The second kappa shape index (κ2) is 9.94. The summed E-state index contributed by atoms with van der Waals surface area (Å²) in [4.78, 5) is 56.5. The van der Waals surface area contributed by atoms with E-state index < -0.39 is 11.2 Å². The van der Waals surface area contributed by atoms with E-state index in [1.165, 1.54) is 4.57 Å². The van der Waals surface area contributed by atoms with Crippen LogP contribution in [0.4, 0.5) is 0 Å². The van der Waals surface area contributed by atoms with Crippen molar-refractivity contribution in [3.05, 3.63) is 115 Å². The number of hydrogen-bond donors (Lipinski definition) is 1. The van der Waals surface area contributed by atoms with Crippen LogP contribution in [0, 0.1) is 0 Å². The maximum absolute atomic E-state index is 13.2. The van der Waals surface area contributed by atoms with Gasteiger partial charge in [-0.05, 0) is 54.1 Å². The first-order valence-electron chi connectivity index (χ1n) is 11.6. The molecule has 0 radical (unpaired) electrons. The van der Waals surface area contributed by atoms with Crippen LogP contribution in [-0.4, -0.2) is 57.3 Å². The number of aromatic nitrogens is 2. The van der Waals surface area contributed by atoms with Gasteiger partial charge in [-0.3, -0.25) is 23.9 Å². The Labute approximate surface area is 214 Å². The van der Waals surface area contributed by atoms with Crippen LogP contribution in [0.2, 0.25) is 0 Å². The van der Waals surface area contributed by atoms with Gasteiger partial charge in [0.2, 0.25) is 0 Å². The van der Waals surface area contributed by atoms with Gasteiger partial charge in [0.15, 0.2) is 0 Å². The van der Waals surface area contributed by atoms with Gasteiger partial charge in [0, 0.05) is 41.8 Å². The zero-order valence-electron chi connectivity index (χ0n) is 19.3. The zero-order chi connectivity index (χ0) is 25.2. The standard InChI is InChI=1S/C27H23BrN4O4/c28-21-10-8-19(9-11-21)25(34)30-12-14-31(15-13-30)26(35)20-5-3-4-18(16-20)17-32-23-7-2-1-6-22(23)24(33)29-27(32)36/h1-11,16H,12-15,17H2,(H,29,33,36). The molecule has 5 rings (SSSR count). The van der Waals surface area contributed by atoms with E-state index in [-0.39, 0.29) is 18.4 Å². The SMILES string of the molecule is O=C(c1ccc(Br)cc1)N1CCN(C(=O)c2cccc(Cn3c(=O)[nH]c(=O)c4ccccc43)c2)CC1. The molecular formula is C27H23BrN4O4. The minimum absolute atomic E-state index is 0.0461. The van der Waals surface area contributed by atoms with Crippen LogP contribution in [0.25, 0.3) is 10.9 Å². The summed E-state index contributed by atoms with van der Waals surface area (Å²) in [6, 6.07) is 21.3. The number of carbonyl (C=O) groups is 2. The first-order chi connectivity index (χ1) is 17.4. The summed E-state index contributed by atoms with van der Waals surface area (Å²) < 4.78 is 2.41. The lowest BCUT2D eigenvalue weighted by Gasteiger charge is -2.35. The Morgan fingerprint density at radius 1 is 0.778 bits per heavy atom. The van der Waals surface area contributed by atoms with Gasteiger partial charge in [0.1, 0.15) is 0 Å². The molecule has 2 amide bonds. The number of halogens is 1. The number of fused-ring (bicyclic) bond motifs is 1. The number of nitrogens with one attached hydrogen (secondary N) is 1. The molecule has 4 aromatic rings. The first-order valence-corrected chi connectivity index (χ1v) is 12.3. The highest BCUT2D eigenvalue weighted by atomic mass is 79.9. The Kier molecular flexibility index (Phi) is 6.56. The van der Waals surface area contributed by atoms with Gasteiger partial charge in [0.25, 0.3) is 17.4 Å². The van der Waals surface area contributed by atoms with E-state index in [1.807, 2.05) is 18.2 Å². The fraction of sp³-hybridized carbons (Fsp3) is 0.185. The van der Waals surface area contributed by atoms with Crippen LogP contribution in [-0.2, 0) is 6.54 Å². The zero-order valence-corrected chi connectivity index (χ0v) is 20.9. The van der Waals surface area contributed by atoms with Gasteiger partial charge in [-0.1, -0.05) is 40.2 Å². The quantitative estimate of drug-likeness (QED) is 0.425. The van der Waals surface area contributed by atoms with Crippen LogP contribution >= 0.6 is 15.9 Å². The Morgan fingerprint density at radius 3 is 2.11 bits per heavy atom. The predicted molar refractivity (Wildman–Crippen MR) is 140 cm³/mol. The van der Waals surface area contributed by atoms with Crippen molar-refractivity contribution in [1.82, 2.24) is 19.4 Å². The van der Waals surface area contributed by atoms with Crippen molar-refractivity contribution in [3.8, 4) is 0 Å². The Bertz CT molecular complexity index is 1570. The highest BCUT2D eigenvalue weighted by Crippen LogP contribution is 2.16. The summed E-state index contributed by atoms with van der Waals surface area (Å²) >= 11 is 3.38. The molecule has 1 N–H and O–H groups in total. The molecule has 1 fully saturated rings. The molecule has 1 saturated heterocycles. The largest absolute Gasteiger partial charge is 0.335 e. The van der Waals surface area contributed by atoms with Gasteiger partial charge in [-0.15, -0.1) is 0 Å². The number of amides is 2. The molecule has 0 unspecified atom stereocenters. The highest BCUT2D eigenvalue weighted by Gasteiger charge is 2.25. The maximum atomic E-state index is 13.2. The van der Waals surface area contributed by atoms with E-state index in [2.05, 4.69) is 20.9 Å². The molecule has 9 heteroatoms. The Morgan fingerprint density at radius 2 is 1.42 bits per heavy atom. The minimum atomic E-state index is -0.498. The molecule has 0 bridgehead atoms. The van der Waals surface area contributed by atoms with Crippen LogP contribution in [0.15, 0.2) is 86.9 Å². The molecule has 0 aliphatic carbocycles. The molecule has 36 heavy (non-hydrogen) atoms. The number of rotatable bonds is 4. The predicted octanol–water partition coefficient (Wildman–Crippen LogP) is 3.10. The highest BCUT2D eigenvalue weighted by molar-refractivity contribution is 9.10. The van der Waals surface area contributed by atoms with E-state index in [0.29, 0.717) is 48.2 Å². The van der Waals surface area contributed by atoms with Crippen molar-refractivity contribution in [2.75, 3.05) is 26.2 Å². The maximum Gasteiger partial charge on any atom is 0.329 e.